The van der Waals surface area contributed by atoms with Gasteiger partial charge in [0.25, 0.3) is 0 Å². The van der Waals surface area contributed by atoms with Crippen LogP contribution >= 0.6 is 11.6 Å². The van der Waals surface area contributed by atoms with Crippen LogP contribution in [0.2, 0.25) is 5.02 Å². The van der Waals surface area contributed by atoms with Crippen LogP contribution in [0.15, 0.2) is 34.7 Å². The Bertz CT molecular complexity index is 400. The first kappa shape index (κ1) is 8.39. The summed E-state index contributed by atoms with van der Waals surface area (Å²) in [6.07, 6.45) is 0. The molecule has 0 saturated heterocycles. The molecule has 0 saturated carbocycles. The zero-order valence-electron chi connectivity index (χ0n) is 7.17. The summed E-state index contributed by atoms with van der Waals surface area (Å²) in [6, 6.07) is 12.3. The summed E-state index contributed by atoms with van der Waals surface area (Å²) in [5.41, 5.74) is 1.02. The Balaban J connectivity index is 2.41. The molecular formula is C11H8ClO. The minimum atomic E-state index is 0.732. The van der Waals surface area contributed by atoms with E-state index in [-0.39, 0.29) is 0 Å². The molecule has 1 radical (unpaired) electrons. The lowest BCUT2D eigenvalue weighted by molar-refractivity contribution is 0.547. The maximum absolute atomic E-state index is 5.77. The van der Waals surface area contributed by atoms with Crippen molar-refractivity contribution >= 4 is 11.6 Å². The van der Waals surface area contributed by atoms with E-state index < -0.39 is 0 Å². The van der Waals surface area contributed by atoms with E-state index in [4.69, 9.17) is 16.0 Å². The van der Waals surface area contributed by atoms with Crippen LogP contribution in [0.3, 0.4) is 0 Å². The molecule has 1 aromatic heterocycles. The van der Waals surface area contributed by atoms with Crippen molar-refractivity contribution in [2.24, 2.45) is 0 Å². The maximum atomic E-state index is 5.77. The monoisotopic (exact) mass is 191 g/mol. The van der Waals surface area contributed by atoms with E-state index in [2.05, 4.69) is 6.07 Å². The molecule has 2 aromatic rings. The van der Waals surface area contributed by atoms with Crippen LogP contribution in [0, 0.1) is 13.0 Å². The smallest absolute Gasteiger partial charge is 0.134 e. The van der Waals surface area contributed by atoms with Crippen molar-refractivity contribution in [3.63, 3.8) is 0 Å². The molecular weight excluding hydrogens is 184 g/mol. The predicted octanol–water partition coefficient (Wildman–Crippen LogP) is 3.71. The normalized spacial score (nSPS) is 10.3. The first-order valence-corrected chi connectivity index (χ1v) is 4.37. The third-order valence-corrected chi connectivity index (χ3v) is 2.05. The molecule has 0 bridgehead atoms. The van der Waals surface area contributed by atoms with Crippen molar-refractivity contribution in [2.75, 3.05) is 0 Å². The van der Waals surface area contributed by atoms with Gasteiger partial charge in [-0.3, -0.25) is 0 Å². The van der Waals surface area contributed by atoms with E-state index in [1.165, 1.54) is 0 Å². The fourth-order valence-corrected chi connectivity index (χ4v) is 1.27. The van der Waals surface area contributed by atoms with Gasteiger partial charge >= 0.3 is 0 Å². The molecule has 0 aliphatic heterocycles. The maximum Gasteiger partial charge on any atom is 0.134 e. The number of halogens is 1. The number of benzene rings is 1. The summed E-state index contributed by atoms with van der Waals surface area (Å²) < 4.78 is 5.41. The van der Waals surface area contributed by atoms with E-state index >= 15 is 0 Å². The van der Waals surface area contributed by atoms with Crippen LogP contribution in [0.1, 0.15) is 5.76 Å². The van der Waals surface area contributed by atoms with Crippen molar-refractivity contribution < 1.29 is 4.42 Å². The van der Waals surface area contributed by atoms with Crippen LogP contribution in [-0.2, 0) is 0 Å². The van der Waals surface area contributed by atoms with Gasteiger partial charge in [0.2, 0.25) is 0 Å². The van der Waals surface area contributed by atoms with Gasteiger partial charge < -0.3 is 4.42 Å². The Morgan fingerprint density at radius 1 is 1.23 bits per heavy atom. The fraction of sp³-hybridized carbons (Fsp3) is 0.0909. The molecule has 2 heteroatoms. The average molecular weight is 192 g/mol. The highest BCUT2D eigenvalue weighted by Gasteiger charge is 2.01. The zero-order valence-corrected chi connectivity index (χ0v) is 7.93. The zero-order chi connectivity index (χ0) is 9.26. The van der Waals surface area contributed by atoms with Crippen molar-refractivity contribution in [3.05, 3.63) is 47.2 Å². The second-order valence-electron chi connectivity index (χ2n) is 2.82. The number of furan rings is 1. The van der Waals surface area contributed by atoms with Gasteiger partial charge in [0.15, 0.2) is 0 Å². The minimum absolute atomic E-state index is 0.732. The van der Waals surface area contributed by atoms with Crippen LogP contribution in [0.5, 0.6) is 0 Å². The second-order valence-corrected chi connectivity index (χ2v) is 3.25. The molecule has 2 rings (SSSR count). The molecule has 0 spiro atoms. The molecule has 1 aromatic carbocycles. The molecule has 0 aliphatic rings. The highest BCUT2D eigenvalue weighted by molar-refractivity contribution is 6.30. The number of hydrogen-bond acceptors (Lipinski definition) is 1. The van der Waals surface area contributed by atoms with Gasteiger partial charge in [-0.15, -0.1) is 0 Å². The van der Waals surface area contributed by atoms with E-state index in [1.54, 1.807) is 0 Å². The van der Waals surface area contributed by atoms with Crippen LogP contribution in [0.4, 0.5) is 0 Å². The number of hydrogen-bond donors (Lipinski definition) is 0. The van der Waals surface area contributed by atoms with Crippen molar-refractivity contribution in [3.8, 4) is 11.3 Å². The van der Waals surface area contributed by atoms with Gasteiger partial charge in [0.1, 0.15) is 11.5 Å². The molecule has 0 N–H and O–H groups in total. The Kier molecular flexibility index (Phi) is 2.11. The molecule has 65 valence electrons. The van der Waals surface area contributed by atoms with Gasteiger partial charge in [-0.05, 0) is 37.3 Å². The molecule has 0 fully saturated rings. The highest BCUT2D eigenvalue weighted by atomic mass is 35.5. The van der Waals surface area contributed by atoms with E-state index in [9.17, 15) is 0 Å². The van der Waals surface area contributed by atoms with Gasteiger partial charge in [-0.2, -0.15) is 0 Å². The molecule has 13 heavy (non-hydrogen) atoms. The van der Waals surface area contributed by atoms with Gasteiger partial charge in [-0.25, -0.2) is 0 Å². The molecule has 1 nitrogen and oxygen atoms in total. The predicted molar refractivity (Wildman–Crippen MR) is 52.7 cm³/mol. The quantitative estimate of drug-likeness (QED) is 0.670. The molecule has 0 unspecified atom stereocenters. The third kappa shape index (κ3) is 1.76. The summed E-state index contributed by atoms with van der Waals surface area (Å²) >= 11 is 5.77. The first-order chi connectivity index (χ1) is 6.25. The Morgan fingerprint density at radius 3 is 2.46 bits per heavy atom. The summed E-state index contributed by atoms with van der Waals surface area (Å²) in [5.74, 6) is 1.62. The number of rotatable bonds is 1. The van der Waals surface area contributed by atoms with E-state index in [0.717, 1.165) is 22.1 Å². The van der Waals surface area contributed by atoms with Gasteiger partial charge in [-0.1, -0.05) is 11.6 Å². The number of aryl methyl sites for hydroxylation is 1. The lowest BCUT2D eigenvalue weighted by Gasteiger charge is -1.95. The Hall–Kier alpha value is -1.21. The lowest BCUT2D eigenvalue weighted by Crippen LogP contribution is -1.71. The SMILES string of the molecule is Cc1[c]cc(-c2ccc(Cl)cc2)o1. The van der Waals surface area contributed by atoms with Crippen LogP contribution in [-0.4, -0.2) is 0 Å². The first-order valence-electron chi connectivity index (χ1n) is 4.00. The van der Waals surface area contributed by atoms with Crippen molar-refractivity contribution in [1.82, 2.24) is 0 Å². The lowest BCUT2D eigenvalue weighted by atomic mass is 10.2. The van der Waals surface area contributed by atoms with Crippen LogP contribution in [0.25, 0.3) is 11.3 Å². The highest BCUT2D eigenvalue weighted by Crippen LogP contribution is 2.22. The molecule has 0 atom stereocenters. The summed E-state index contributed by atoms with van der Waals surface area (Å²) in [4.78, 5) is 0. The van der Waals surface area contributed by atoms with Crippen molar-refractivity contribution in [1.29, 1.82) is 0 Å². The molecule has 1 heterocycles. The minimum Gasteiger partial charge on any atom is -0.461 e. The fourth-order valence-electron chi connectivity index (χ4n) is 1.15. The van der Waals surface area contributed by atoms with Gasteiger partial charge in [0.05, 0.1) is 0 Å². The molecule has 0 amide bonds. The summed E-state index contributed by atoms with van der Waals surface area (Å²) in [6.45, 7) is 1.87. The largest absolute Gasteiger partial charge is 0.461 e. The third-order valence-electron chi connectivity index (χ3n) is 1.80. The average Bonchev–Trinajstić information content (AvgIpc) is 2.53. The van der Waals surface area contributed by atoms with E-state index in [1.807, 2.05) is 37.3 Å². The summed E-state index contributed by atoms with van der Waals surface area (Å²) in [5, 5.41) is 0.732. The van der Waals surface area contributed by atoms with Gasteiger partial charge in [0, 0.05) is 16.7 Å². The second kappa shape index (κ2) is 3.27. The summed E-state index contributed by atoms with van der Waals surface area (Å²) in [7, 11) is 0. The molecule has 0 aliphatic carbocycles. The Morgan fingerprint density at radius 2 is 1.92 bits per heavy atom. The topological polar surface area (TPSA) is 13.1 Å². The van der Waals surface area contributed by atoms with Crippen LogP contribution < -0.4 is 0 Å². The van der Waals surface area contributed by atoms with E-state index in [0.29, 0.717) is 0 Å². The van der Waals surface area contributed by atoms with Crippen molar-refractivity contribution in [2.45, 2.75) is 6.92 Å². The Labute approximate surface area is 82.0 Å². The standard InChI is InChI=1S/C11H8ClO/c1-8-2-7-11(13-8)9-3-5-10(12)6-4-9/h3-7H,1H3.